The maximum Gasteiger partial charge on any atom is 0.125 e. The molecule has 1 atom stereocenters. The second kappa shape index (κ2) is 4.24. The summed E-state index contributed by atoms with van der Waals surface area (Å²) < 4.78 is 6.32. The molecule has 0 amide bonds. The van der Waals surface area contributed by atoms with Gasteiger partial charge in [-0.15, -0.1) is 0 Å². The van der Waals surface area contributed by atoms with Gasteiger partial charge in [0, 0.05) is 12.0 Å². The quantitative estimate of drug-likeness (QED) is 0.759. The minimum absolute atomic E-state index is 0.128. The minimum atomic E-state index is -0.370. The van der Waals surface area contributed by atoms with E-state index in [0.717, 1.165) is 30.6 Å². The molecule has 1 aliphatic heterocycles. The SMILES string of the molecule is Cc1ccc2c(c1)[C@@H](O)CC1(CCC(C)(C)CC1)O2. The average molecular weight is 260 g/mol. The van der Waals surface area contributed by atoms with Gasteiger partial charge in [-0.2, -0.15) is 0 Å². The number of aliphatic hydroxyl groups is 1. The van der Waals surface area contributed by atoms with Gasteiger partial charge in [-0.3, -0.25) is 0 Å². The molecular formula is C17H24O2. The molecule has 2 aliphatic rings. The van der Waals surface area contributed by atoms with Crippen LogP contribution in [0.15, 0.2) is 18.2 Å². The fourth-order valence-corrected chi connectivity index (χ4v) is 3.45. The monoisotopic (exact) mass is 260 g/mol. The molecule has 0 radical (unpaired) electrons. The largest absolute Gasteiger partial charge is 0.487 e. The predicted molar refractivity (Wildman–Crippen MR) is 76.4 cm³/mol. The van der Waals surface area contributed by atoms with Crippen LogP contribution in [0, 0.1) is 12.3 Å². The highest BCUT2D eigenvalue weighted by Gasteiger charge is 2.44. The summed E-state index contributed by atoms with van der Waals surface area (Å²) in [5.74, 6) is 0.893. The van der Waals surface area contributed by atoms with Crippen molar-refractivity contribution < 1.29 is 9.84 Å². The lowest BCUT2D eigenvalue weighted by Gasteiger charge is -2.47. The lowest BCUT2D eigenvalue weighted by Crippen LogP contribution is -2.45. The van der Waals surface area contributed by atoms with Crippen molar-refractivity contribution in [2.45, 2.75) is 64.6 Å². The first-order chi connectivity index (χ1) is 8.89. The Bertz CT molecular complexity index is 480. The molecule has 1 aliphatic carbocycles. The van der Waals surface area contributed by atoms with Crippen molar-refractivity contribution in [3.63, 3.8) is 0 Å². The zero-order chi connectivity index (χ0) is 13.7. The highest BCUT2D eigenvalue weighted by Crippen LogP contribution is 2.49. The minimum Gasteiger partial charge on any atom is -0.487 e. The summed E-state index contributed by atoms with van der Waals surface area (Å²) in [5, 5.41) is 10.5. The third kappa shape index (κ3) is 2.38. The van der Waals surface area contributed by atoms with Crippen LogP contribution < -0.4 is 4.74 Å². The maximum atomic E-state index is 10.5. The topological polar surface area (TPSA) is 29.5 Å². The van der Waals surface area contributed by atoms with E-state index in [1.165, 1.54) is 18.4 Å². The van der Waals surface area contributed by atoms with Gasteiger partial charge in [0.05, 0.1) is 6.10 Å². The van der Waals surface area contributed by atoms with Crippen LogP contribution in [0.2, 0.25) is 0 Å². The molecule has 104 valence electrons. The van der Waals surface area contributed by atoms with E-state index in [1.54, 1.807) is 0 Å². The van der Waals surface area contributed by atoms with Crippen LogP contribution in [0.5, 0.6) is 5.75 Å². The highest BCUT2D eigenvalue weighted by atomic mass is 16.5. The third-order valence-corrected chi connectivity index (χ3v) is 4.93. The Morgan fingerprint density at radius 2 is 1.84 bits per heavy atom. The normalized spacial score (nSPS) is 27.7. The van der Waals surface area contributed by atoms with E-state index in [9.17, 15) is 5.11 Å². The van der Waals surface area contributed by atoms with Crippen molar-refractivity contribution in [3.05, 3.63) is 29.3 Å². The van der Waals surface area contributed by atoms with Crippen molar-refractivity contribution >= 4 is 0 Å². The Hall–Kier alpha value is -1.02. The zero-order valence-electron chi connectivity index (χ0n) is 12.2. The molecule has 1 aromatic carbocycles. The Morgan fingerprint density at radius 1 is 1.16 bits per heavy atom. The lowest BCUT2D eigenvalue weighted by molar-refractivity contribution is -0.0576. The molecule has 2 heteroatoms. The first-order valence-corrected chi connectivity index (χ1v) is 7.37. The van der Waals surface area contributed by atoms with E-state index in [4.69, 9.17) is 4.74 Å². The van der Waals surface area contributed by atoms with Crippen molar-refractivity contribution in [3.8, 4) is 5.75 Å². The van der Waals surface area contributed by atoms with Crippen LogP contribution in [0.1, 0.15) is 63.2 Å². The average Bonchev–Trinajstić information content (AvgIpc) is 2.35. The molecule has 19 heavy (non-hydrogen) atoms. The first kappa shape index (κ1) is 13.0. The van der Waals surface area contributed by atoms with Gasteiger partial charge in [-0.05, 0) is 50.2 Å². The van der Waals surface area contributed by atoms with Gasteiger partial charge in [-0.1, -0.05) is 25.5 Å². The Balaban J connectivity index is 1.87. The van der Waals surface area contributed by atoms with Crippen LogP contribution in [-0.4, -0.2) is 10.7 Å². The number of ether oxygens (including phenoxy) is 1. The summed E-state index contributed by atoms with van der Waals surface area (Å²) in [5.41, 5.74) is 2.45. The van der Waals surface area contributed by atoms with Crippen molar-refractivity contribution in [1.82, 2.24) is 0 Å². The van der Waals surface area contributed by atoms with E-state index in [0.29, 0.717) is 5.41 Å². The standard InChI is InChI=1S/C17H24O2/c1-12-4-5-15-13(10-12)14(18)11-17(19-15)8-6-16(2,3)7-9-17/h4-5,10,14,18H,6-9,11H2,1-3H3/t14-/m0/s1. The fraction of sp³-hybridized carbons (Fsp3) is 0.647. The van der Waals surface area contributed by atoms with Gasteiger partial charge in [-0.25, -0.2) is 0 Å². The van der Waals surface area contributed by atoms with Gasteiger partial charge >= 0.3 is 0 Å². The molecule has 0 unspecified atom stereocenters. The molecule has 1 fully saturated rings. The number of aryl methyl sites for hydroxylation is 1. The van der Waals surface area contributed by atoms with E-state index in [-0.39, 0.29) is 11.7 Å². The number of fused-ring (bicyclic) bond motifs is 1. The molecule has 0 saturated heterocycles. The number of hydrogen-bond acceptors (Lipinski definition) is 2. The summed E-state index contributed by atoms with van der Waals surface area (Å²) >= 11 is 0. The van der Waals surface area contributed by atoms with E-state index in [1.807, 2.05) is 6.07 Å². The van der Waals surface area contributed by atoms with Crippen molar-refractivity contribution in [1.29, 1.82) is 0 Å². The predicted octanol–water partition coefficient (Wildman–Crippen LogP) is 4.15. The Morgan fingerprint density at radius 3 is 2.53 bits per heavy atom. The summed E-state index contributed by atoms with van der Waals surface area (Å²) in [4.78, 5) is 0. The van der Waals surface area contributed by atoms with Crippen molar-refractivity contribution in [2.75, 3.05) is 0 Å². The van der Waals surface area contributed by atoms with Gasteiger partial charge in [0.2, 0.25) is 0 Å². The van der Waals surface area contributed by atoms with Gasteiger partial charge < -0.3 is 9.84 Å². The van der Waals surface area contributed by atoms with Crippen LogP contribution in [0.3, 0.4) is 0 Å². The van der Waals surface area contributed by atoms with E-state index in [2.05, 4.69) is 32.9 Å². The van der Waals surface area contributed by atoms with E-state index < -0.39 is 0 Å². The molecule has 1 heterocycles. The van der Waals surface area contributed by atoms with Gasteiger partial charge in [0.15, 0.2) is 0 Å². The molecule has 1 spiro atoms. The smallest absolute Gasteiger partial charge is 0.125 e. The summed E-state index contributed by atoms with van der Waals surface area (Å²) in [6, 6.07) is 6.14. The zero-order valence-corrected chi connectivity index (χ0v) is 12.2. The summed E-state index contributed by atoms with van der Waals surface area (Å²) in [6.07, 6.45) is 4.86. The molecule has 2 nitrogen and oxygen atoms in total. The van der Waals surface area contributed by atoms with Crippen LogP contribution in [-0.2, 0) is 0 Å². The Kier molecular flexibility index (Phi) is 2.90. The molecular weight excluding hydrogens is 236 g/mol. The van der Waals surface area contributed by atoms with Crippen molar-refractivity contribution in [2.24, 2.45) is 5.41 Å². The molecule has 0 bridgehead atoms. The second-order valence-electron chi connectivity index (χ2n) is 7.21. The van der Waals surface area contributed by atoms with E-state index >= 15 is 0 Å². The number of benzene rings is 1. The maximum absolute atomic E-state index is 10.5. The number of rotatable bonds is 0. The summed E-state index contributed by atoms with van der Waals surface area (Å²) in [6.45, 7) is 6.72. The summed E-state index contributed by atoms with van der Waals surface area (Å²) in [7, 11) is 0. The molecule has 3 rings (SSSR count). The molecule has 0 aromatic heterocycles. The van der Waals surface area contributed by atoms with Crippen LogP contribution in [0.4, 0.5) is 0 Å². The highest BCUT2D eigenvalue weighted by molar-refractivity contribution is 5.41. The third-order valence-electron chi connectivity index (χ3n) is 4.93. The number of hydrogen-bond donors (Lipinski definition) is 1. The molecule has 1 saturated carbocycles. The first-order valence-electron chi connectivity index (χ1n) is 7.37. The Labute approximate surface area is 115 Å². The van der Waals surface area contributed by atoms with Gasteiger partial charge in [0.1, 0.15) is 11.4 Å². The van der Waals surface area contributed by atoms with Crippen LogP contribution in [0.25, 0.3) is 0 Å². The van der Waals surface area contributed by atoms with Gasteiger partial charge in [0.25, 0.3) is 0 Å². The molecule has 1 N–H and O–H groups in total. The second-order valence-corrected chi connectivity index (χ2v) is 7.21. The number of aliphatic hydroxyl groups excluding tert-OH is 1. The lowest BCUT2D eigenvalue weighted by atomic mass is 9.68. The molecule has 1 aromatic rings. The fourth-order valence-electron chi connectivity index (χ4n) is 3.45. The van der Waals surface area contributed by atoms with Crippen LogP contribution >= 0.6 is 0 Å².